The van der Waals surface area contributed by atoms with Crippen LogP contribution < -0.4 is 4.90 Å². The summed E-state index contributed by atoms with van der Waals surface area (Å²) in [6, 6.07) is 21.6. The number of carbonyl (C=O) groups is 2. The van der Waals surface area contributed by atoms with Gasteiger partial charge < -0.3 is 10.1 Å². The molecule has 0 aliphatic carbocycles. The predicted octanol–water partition coefficient (Wildman–Crippen LogP) is 5.41. The van der Waals surface area contributed by atoms with Gasteiger partial charge in [-0.1, -0.05) is 48.5 Å². The minimum atomic E-state index is -0.754. The van der Waals surface area contributed by atoms with Gasteiger partial charge in [0.15, 0.2) is 0 Å². The summed E-state index contributed by atoms with van der Waals surface area (Å²) in [6.45, 7) is 3.94. The third-order valence-corrected chi connectivity index (χ3v) is 6.17. The summed E-state index contributed by atoms with van der Waals surface area (Å²) >= 11 is 0. The van der Waals surface area contributed by atoms with E-state index in [2.05, 4.69) is 4.98 Å². The molecule has 1 unspecified atom stereocenters. The number of nitrogens with zero attached hydrogens (tertiary/aromatic N) is 1. The van der Waals surface area contributed by atoms with Gasteiger partial charge in [-0.25, -0.2) is 0 Å². The number of rotatable bonds is 3. The van der Waals surface area contributed by atoms with Crippen molar-refractivity contribution in [2.75, 3.05) is 4.90 Å². The molecule has 2 heterocycles. The van der Waals surface area contributed by atoms with Gasteiger partial charge in [-0.2, -0.15) is 0 Å². The number of para-hydroxylation sites is 2. The van der Waals surface area contributed by atoms with Crippen LogP contribution in [0.3, 0.4) is 0 Å². The second-order valence-electron chi connectivity index (χ2n) is 8.09. The van der Waals surface area contributed by atoms with Crippen molar-refractivity contribution in [3.63, 3.8) is 0 Å². The van der Waals surface area contributed by atoms with E-state index in [0.717, 1.165) is 27.6 Å². The third-order valence-electron chi connectivity index (χ3n) is 6.17. The fourth-order valence-electron chi connectivity index (χ4n) is 4.35. The average Bonchev–Trinajstić information content (AvgIpc) is 3.34. The number of fused-ring (bicyclic) bond motifs is 1. The SMILES string of the molecule is Cc1ccc(/C(O)=C2\C(=O)C(=O)N(c3ccccc3)C2c2c[nH]c3ccccc23)cc1C. The zero-order valence-corrected chi connectivity index (χ0v) is 17.8. The number of aromatic amines is 1. The van der Waals surface area contributed by atoms with Gasteiger partial charge in [-0.15, -0.1) is 0 Å². The highest BCUT2D eigenvalue weighted by Gasteiger charge is 2.47. The summed E-state index contributed by atoms with van der Waals surface area (Å²) < 4.78 is 0. The quantitative estimate of drug-likeness (QED) is 0.263. The van der Waals surface area contributed by atoms with Gasteiger partial charge in [0.2, 0.25) is 0 Å². The molecule has 1 aliphatic heterocycles. The number of anilines is 1. The van der Waals surface area contributed by atoms with Crippen LogP contribution in [0.1, 0.15) is 28.3 Å². The molecular formula is C27H22N2O3. The number of amides is 1. The summed E-state index contributed by atoms with van der Waals surface area (Å²) in [5.41, 5.74) is 4.94. The number of aliphatic hydroxyl groups excluding tert-OH is 1. The Balaban J connectivity index is 1.79. The highest BCUT2D eigenvalue weighted by molar-refractivity contribution is 6.51. The van der Waals surface area contributed by atoms with Crippen molar-refractivity contribution >= 4 is 34.0 Å². The molecule has 5 heteroatoms. The van der Waals surface area contributed by atoms with Crippen molar-refractivity contribution in [2.24, 2.45) is 0 Å². The molecule has 158 valence electrons. The number of hydrogen-bond donors (Lipinski definition) is 2. The van der Waals surface area contributed by atoms with Crippen molar-refractivity contribution < 1.29 is 14.7 Å². The lowest BCUT2D eigenvalue weighted by atomic mass is 9.94. The number of ketones is 1. The molecular weight excluding hydrogens is 400 g/mol. The normalized spacial score (nSPS) is 17.9. The summed E-state index contributed by atoms with van der Waals surface area (Å²) in [4.78, 5) is 31.2. The Morgan fingerprint density at radius 1 is 0.906 bits per heavy atom. The number of benzene rings is 3. The van der Waals surface area contributed by atoms with Crippen LogP contribution >= 0.6 is 0 Å². The Morgan fingerprint density at radius 2 is 1.62 bits per heavy atom. The first kappa shape index (κ1) is 19.8. The molecule has 5 nitrogen and oxygen atoms in total. The van der Waals surface area contributed by atoms with Gasteiger partial charge in [0.1, 0.15) is 5.76 Å². The van der Waals surface area contributed by atoms with Gasteiger partial charge in [-0.05, 0) is 49.2 Å². The first-order valence-electron chi connectivity index (χ1n) is 10.5. The maximum absolute atomic E-state index is 13.3. The van der Waals surface area contributed by atoms with Crippen LogP contribution in [0.5, 0.6) is 0 Å². The van der Waals surface area contributed by atoms with E-state index in [1.54, 1.807) is 18.2 Å². The molecule has 1 atom stereocenters. The van der Waals surface area contributed by atoms with Crippen molar-refractivity contribution in [2.45, 2.75) is 19.9 Å². The number of nitrogens with one attached hydrogen (secondary N) is 1. The molecule has 3 aromatic carbocycles. The van der Waals surface area contributed by atoms with Crippen molar-refractivity contribution in [3.05, 3.63) is 107 Å². The van der Waals surface area contributed by atoms with Crippen LogP contribution in [-0.4, -0.2) is 21.8 Å². The number of aliphatic hydroxyl groups is 1. The van der Waals surface area contributed by atoms with Crippen LogP contribution in [0.15, 0.2) is 84.6 Å². The van der Waals surface area contributed by atoms with Crippen LogP contribution in [0.2, 0.25) is 0 Å². The second-order valence-corrected chi connectivity index (χ2v) is 8.09. The first-order valence-corrected chi connectivity index (χ1v) is 10.5. The molecule has 32 heavy (non-hydrogen) atoms. The van der Waals surface area contributed by atoms with Crippen LogP contribution in [0.25, 0.3) is 16.7 Å². The third kappa shape index (κ3) is 3.02. The molecule has 0 spiro atoms. The molecule has 1 amide bonds. The zero-order chi connectivity index (χ0) is 22.4. The van der Waals surface area contributed by atoms with Gasteiger partial charge in [0.05, 0.1) is 11.6 Å². The summed E-state index contributed by atoms with van der Waals surface area (Å²) in [7, 11) is 0. The van der Waals surface area contributed by atoms with Crippen molar-refractivity contribution in [1.82, 2.24) is 4.98 Å². The lowest BCUT2D eigenvalue weighted by Gasteiger charge is -2.25. The van der Waals surface area contributed by atoms with E-state index < -0.39 is 17.7 Å². The molecule has 1 fully saturated rings. The minimum Gasteiger partial charge on any atom is -0.507 e. The minimum absolute atomic E-state index is 0.0897. The van der Waals surface area contributed by atoms with E-state index in [0.29, 0.717) is 11.3 Å². The smallest absolute Gasteiger partial charge is 0.300 e. The van der Waals surface area contributed by atoms with Gasteiger partial charge in [-0.3, -0.25) is 14.5 Å². The number of Topliss-reactive ketones (excluding diaryl/α,β-unsaturated/α-hetero) is 1. The maximum Gasteiger partial charge on any atom is 0.300 e. The first-order chi connectivity index (χ1) is 15.5. The molecule has 1 aliphatic rings. The number of aryl methyl sites for hydroxylation is 2. The predicted molar refractivity (Wildman–Crippen MR) is 125 cm³/mol. The summed E-state index contributed by atoms with van der Waals surface area (Å²) in [6.07, 6.45) is 1.81. The standard InChI is InChI=1S/C27H22N2O3/c1-16-12-13-18(14-17(16)2)25(30)23-24(21-15-28-22-11-7-6-10-20(21)22)29(27(32)26(23)31)19-8-4-3-5-9-19/h3-15,24,28,30H,1-2H3/b25-23+. The monoisotopic (exact) mass is 422 g/mol. The molecule has 0 radical (unpaired) electrons. The highest BCUT2D eigenvalue weighted by atomic mass is 16.3. The molecule has 0 saturated carbocycles. The van der Waals surface area contributed by atoms with E-state index >= 15 is 0 Å². The van der Waals surface area contributed by atoms with E-state index in [1.807, 2.05) is 74.6 Å². The topological polar surface area (TPSA) is 73.4 Å². The Labute approximate surface area is 185 Å². The fourth-order valence-corrected chi connectivity index (χ4v) is 4.35. The Bertz CT molecular complexity index is 1400. The van der Waals surface area contributed by atoms with Crippen LogP contribution in [-0.2, 0) is 9.59 Å². The van der Waals surface area contributed by atoms with Crippen LogP contribution in [0.4, 0.5) is 5.69 Å². The van der Waals surface area contributed by atoms with Gasteiger partial charge in [0.25, 0.3) is 11.7 Å². The van der Waals surface area contributed by atoms with Crippen molar-refractivity contribution in [3.8, 4) is 0 Å². The number of hydrogen-bond acceptors (Lipinski definition) is 3. The lowest BCUT2D eigenvalue weighted by Crippen LogP contribution is -2.29. The molecule has 1 aromatic heterocycles. The van der Waals surface area contributed by atoms with Gasteiger partial charge in [0, 0.05) is 33.9 Å². The van der Waals surface area contributed by atoms with E-state index in [9.17, 15) is 14.7 Å². The van der Waals surface area contributed by atoms with Crippen LogP contribution in [0, 0.1) is 13.8 Å². The average molecular weight is 422 g/mol. The Kier molecular flexibility index (Phi) is 4.67. The number of aromatic nitrogens is 1. The number of H-pyrrole nitrogens is 1. The summed E-state index contributed by atoms with van der Waals surface area (Å²) in [5.74, 6) is -1.52. The Morgan fingerprint density at radius 3 is 2.38 bits per heavy atom. The highest BCUT2D eigenvalue weighted by Crippen LogP contribution is 2.44. The Hall–Kier alpha value is -4.12. The molecule has 1 saturated heterocycles. The zero-order valence-electron chi connectivity index (χ0n) is 17.8. The molecule has 0 bridgehead atoms. The molecule has 4 aromatic rings. The largest absolute Gasteiger partial charge is 0.507 e. The van der Waals surface area contributed by atoms with Crippen molar-refractivity contribution in [1.29, 1.82) is 0 Å². The molecule has 5 rings (SSSR count). The van der Waals surface area contributed by atoms with Gasteiger partial charge >= 0.3 is 0 Å². The summed E-state index contributed by atoms with van der Waals surface area (Å²) in [5, 5.41) is 12.2. The maximum atomic E-state index is 13.3. The molecule has 2 N–H and O–H groups in total. The van der Waals surface area contributed by atoms with E-state index in [4.69, 9.17) is 0 Å². The lowest BCUT2D eigenvalue weighted by molar-refractivity contribution is -0.132. The van der Waals surface area contributed by atoms with E-state index in [1.165, 1.54) is 4.90 Å². The second kappa shape index (κ2) is 7.54. The fraction of sp³-hybridized carbons (Fsp3) is 0.111. The van der Waals surface area contributed by atoms with E-state index in [-0.39, 0.29) is 11.3 Å². The number of carbonyl (C=O) groups excluding carboxylic acids is 2.